The predicted octanol–water partition coefficient (Wildman–Crippen LogP) is 5.45. The molecule has 0 bridgehead atoms. The standard InChI is InChI=1S/C23H22ClNO5S/c1-4-29-20-11-15(5-10-19(20)30-14(2)3)12-21-22(27)25(23(28)31-21)13-18(26)16-6-8-17(24)9-7-16/h5-12,14H,4,13H2,1-3H3/b21-12+. The third-order valence-electron chi connectivity index (χ3n) is 4.27. The Labute approximate surface area is 190 Å². The minimum absolute atomic E-state index is 0.0141. The van der Waals surface area contributed by atoms with Gasteiger partial charge in [0.25, 0.3) is 11.1 Å². The molecule has 31 heavy (non-hydrogen) atoms. The summed E-state index contributed by atoms with van der Waals surface area (Å²) in [4.78, 5) is 38.8. The Morgan fingerprint density at radius 3 is 2.48 bits per heavy atom. The molecule has 1 saturated heterocycles. The first-order chi connectivity index (χ1) is 14.8. The first kappa shape index (κ1) is 22.9. The van der Waals surface area contributed by atoms with E-state index in [-0.39, 0.29) is 23.3 Å². The summed E-state index contributed by atoms with van der Waals surface area (Å²) in [5.41, 5.74) is 1.07. The molecule has 162 valence electrons. The number of Topliss-reactive ketones (excluding diaryl/α,β-unsaturated/α-hetero) is 1. The molecule has 0 saturated carbocycles. The molecule has 8 heteroatoms. The normalized spacial score (nSPS) is 15.1. The van der Waals surface area contributed by atoms with E-state index in [1.165, 1.54) is 0 Å². The number of carbonyl (C=O) groups excluding carboxylic acids is 3. The summed E-state index contributed by atoms with van der Waals surface area (Å²) in [6.45, 7) is 5.85. The maximum absolute atomic E-state index is 12.8. The molecule has 0 aliphatic carbocycles. The zero-order valence-electron chi connectivity index (χ0n) is 17.4. The summed E-state index contributed by atoms with van der Waals surface area (Å²) < 4.78 is 11.4. The molecule has 0 atom stereocenters. The Morgan fingerprint density at radius 2 is 1.84 bits per heavy atom. The third kappa shape index (κ3) is 5.68. The maximum atomic E-state index is 12.8. The average Bonchev–Trinajstić information content (AvgIpc) is 2.97. The lowest BCUT2D eigenvalue weighted by Gasteiger charge is -2.15. The van der Waals surface area contributed by atoms with Gasteiger partial charge in [0, 0.05) is 10.6 Å². The Hall–Kier alpha value is -2.77. The second-order valence-corrected chi connectivity index (χ2v) is 8.43. The number of carbonyl (C=O) groups is 3. The van der Waals surface area contributed by atoms with Gasteiger partial charge in [0.1, 0.15) is 0 Å². The molecule has 2 amide bonds. The molecular formula is C23H22ClNO5S. The number of thioether (sulfide) groups is 1. The van der Waals surface area contributed by atoms with Crippen molar-refractivity contribution >= 4 is 46.4 Å². The van der Waals surface area contributed by atoms with Crippen molar-refractivity contribution in [1.82, 2.24) is 4.90 Å². The van der Waals surface area contributed by atoms with Crippen molar-refractivity contribution in [2.45, 2.75) is 26.9 Å². The fourth-order valence-electron chi connectivity index (χ4n) is 2.89. The molecular weight excluding hydrogens is 438 g/mol. The Balaban J connectivity index is 1.78. The van der Waals surface area contributed by atoms with Crippen molar-refractivity contribution in [3.8, 4) is 11.5 Å². The monoisotopic (exact) mass is 459 g/mol. The SMILES string of the molecule is CCOc1cc(/C=C2/SC(=O)N(CC(=O)c3ccc(Cl)cc3)C2=O)ccc1OC(C)C. The van der Waals surface area contributed by atoms with Gasteiger partial charge in [-0.25, -0.2) is 0 Å². The first-order valence-corrected chi connectivity index (χ1v) is 11.0. The van der Waals surface area contributed by atoms with Gasteiger partial charge >= 0.3 is 0 Å². The number of benzene rings is 2. The number of amides is 2. The van der Waals surface area contributed by atoms with Gasteiger partial charge in [0.2, 0.25) is 0 Å². The highest BCUT2D eigenvalue weighted by atomic mass is 35.5. The van der Waals surface area contributed by atoms with Crippen LogP contribution in [0, 0.1) is 0 Å². The predicted molar refractivity (Wildman–Crippen MR) is 122 cm³/mol. The van der Waals surface area contributed by atoms with Crippen LogP contribution in [-0.4, -0.2) is 41.1 Å². The van der Waals surface area contributed by atoms with Crippen molar-refractivity contribution in [3.05, 3.63) is 63.5 Å². The van der Waals surface area contributed by atoms with Crippen molar-refractivity contribution in [2.75, 3.05) is 13.2 Å². The molecule has 3 rings (SSSR count). The van der Waals surface area contributed by atoms with E-state index in [1.807, 2.05) is 20.8 Å². The van der Waals surface area contributed by atoms with E-state index in [9.17, 15) is 14.4 Å². The van der Waals surface area contributed by atoms with Gasteiger partial charge in [-0.2, -0.15) is 0 Å². The van der Waals surface area contributed by atoms with Crippen LogP contribution in [0.4, 0.5) is 4.79 Å². The highest BCUT2D eigenvalue weighted by Crippen LogP contribution is 2.35. The molecule has 1 heterocycles. The minimum Gasteiger partial charge on any atom is -0.490 e. The summed E-state index contributed by atoms with van der Waals surface area (Å²) in [5, 5.41) is 0.0187. The molecule has 0 N–H and O–H groups in total. The van der Waals surface area contributed by atoms with Gasteiger partial charge in [0.05, 0.1) is 24.2 Å². The smallest absolute Gasteiger partial charge is 0.293 e. The van der Waals surface area contributed by atoms with E-state index in [0.29, 0.717) is 34.3 Å². The number of rotatable bonds is 8. The zero-order valence-corrected chi connectivity index (χ0v) is 19.0. The number of ketones is 1. The Morgan fingerprint density at radius 1 is 1.13 bits per heavy atom. The largest absolute Gasteiger partial charge is 0.490 e. The van der Waals surface area contributed by atoms with E-state index in [1.54, 1.807) is 48.5 Å². The highest BCUT2D eigenvalue weighted by Gasteiger charge is 2.36. The van der Waals surface area contributed by atoms with Crippen molar-refractivity contribution < 1.29 is 23.9 Å². The van der Waals surface area contributed by atoms with Gasteiger partial charge in [0.15, 0.2) is 17.3 Å². The van der Waals surface area contributed by atoms with Crippen LogP contribution < -0.4 is 9.47 Å². The van der Waals surface area contributed by atoms with Crippen LogP contribution >= 0.6 is 23.4 Å². The lowest BCUT2D eigenvalue weighted by atomic mass is 10.1. The molecule has 1 aliphatic heterocycles. The molecule has 6 nitrogen and oxygen atoms in total. The van der Waals surface area contributed by atoms with Gasteiger partial charge in [-0.05, 0) is 80.6 Å². The van der Waals surface area contributed by atoms with Crippen molar-refractivity contribution in [2.24, 2.45) is 0 Å². The van der Waals surface area contributed by atoms with E-state index >= 15 is 0 Å². The summed E-state index contributed by atoms with van der Waals surface area (Å²) >= 11 is 6.64. The number of halogens is 1. The van der Waals surface area contributed by atoms with Gasteiger partial charge in [-0.3, -0.25) is 19.3 Å². The molecule has 0 unspecified atom stereocenters. The fraction of sp³-hybridized carbons (Fsp3) is 0.261. The molecule has 2 aromatic carbocycles. The lowest BCUT2D eigenvalue weighted by Crippen LogP contribution is -2.33. The van der Waals surface area contributed by atoms with Crippen LogP contribution in [0.2, 0.25) is 5.02 Å². The maximum Gasteiger partial charge on any atom is 0.293 e. The fourth-order valence-corrected chi connectivity index (χ4v) is 3.86. The number of nitrogens with zero attached hydrogens (tertiary/aromatic N) is 1. The first-order valence-electron chi connectivity index (χ1n) is 9.76. The quantitative estimate of drug-likeness (QED) is 0.386. The topological polar surface area (TPSA) is 72.9 Å². The van der Waals surface area contributed by atoms with Gasteiger partial charge in [-0.15, -0.1) is 0 Å². The van der Waals surface area contributed by atoms with E-state index < -0.39 is 11.1 Å². The molecule has 0 radical (unpaired) electrons. The third-order valence-corrected chi connectivity index (χ3v) is 5.43. The molecule has 2 aromatic rings. The summed E-state index contributed by atoms with van der Waals surface area (Å²) in [6.07, 6.45) is 1.60. The zero-order chi connectivity index (χ0) is 22.5. The van der Waals surface area contributed by atoms with Crippen molar-refractivity contribution in [3.63, 3.8) is 0 Å². The van der Waals surface area contributed by atoms with Crippen LogP contribution in [0.1, 0.15) is 36.7 Å². The number of hydrogen-bond acceptors (Lipinski definition) is 6. The number of hydrogen-bond donors (Lipinski definition) is 0. The second kappa shape index (κ2) is 10.0. The number of ether oxygens (including phenoxy) is 2. The van der Waals surface area contributed by atoms with Gasteiger partial charge in [-0.1, -0.05) is 17.7 Å². The summed E-state index contributed by atoms with van der Waals surface area (Å²) in [7, 11) is 0. The lowest BCUT2D eigenvalue weighted by molar-refractivity contribution is -0.122. The Kier molecular flexibility index (Phi) is 7.41. The van der Waals surface area contributed by atoms with Gasteiger partial charge < -0.3 is 9.47 Å². The Bertz CT molecular complexity index is 1030. The summed E-state index contributed by atoms with van der Waals surface area (Å²) in [6, 6.07) is 11.6. The van der Waals surface area contributed by atoms with Crippen LogP contribution in [0.3, 0.4) is 0 Å². The van der Waals surface area contributed by atoms with Crippen LogP contribution in [-0.2, 0) is 4.79 Å². The molecule has 1 aliphatic rings. The minimum atomic E-state index is -0.502. The van der Waals surface area contributed by atoms with E-state index in [0.717, 1.165) is 16.7 Å². The van der Waals surface area contributed by atoms with Crippen LogP contribution in [0.5, 0.6) is 11.5 Å². The summed E-state index contributed by atoms with van der Waals surface area (Å²) in [5.74, 6) is 0.324. The number of imide groups is 1. The van der Waals surface area contributed by atoms with E-state index in [2.05, 4.69) is 0 Å². The molecule has 0 aromatic heterocycles. The van der Waals surface area contributed by atoms with E-state index in [4.69, 9.17) is 21.1 Å². The van der Waals surface area contributed by atoms with Crippen LogP contribution in [0.25, 0.3) is 6.08 Å². The van der Waals surface area contributed by atoms with Crippen LogP contribution in [0.15, 0.2) is 47.4 Å². The molecule has 1 fully saturated rings. The second-order valence-electron chi connectivity index (χ2n) is 7.00. The highest BCUT2D eigenvalue weighted by molar-refractivity contribution is 8.18. The molecule has 0 spiro atoms. The van der Waals surface area contributed by atoms with Crippen molar-refractivity contribution in [1.29, 1.82) is 0 Å². The average molecular weight is 460 g/mol.